The number of piperidine rings is 1. The van der Waals surface area contributed by atoms with Crippen LogP contribution in [-0.4, -0.2) is 23.2 Å². The zero-order valence-corrected chi connectivity index (χ0v) is 13.6. The fourth-order valence-electron chi connectivity index (χ4n) is 3.04. The first-order valence-corrected chi connectivity index (χ1v) is 7.97. The maximum atomic E-state index is 14.5. The number of hydrogen-bond acceptors (Lipinski definition) is 1. The molecule has 0 N–H and O–H groups in total. The molecule has 0 saturated carbocycles. The van der Waals surface area contributed by atoms with E-state index in [0.717, 1.165) is 18.5 Å². The van der Waals surface area contributed by atoms with Crippen molar-refractivity contribution in [3.8, 4) is 0 Å². The molecule has 1 aromatic rings. The molecule has 2 heteroatoms. The van der Waals surface area contributed by atoms with Gasteiger partial charge in [0, 0.05) is 19.1 Å². The number of rotatable bonds is 5. The largest absolute Gasteiger partial charge is 0.289 e. The second kappa shape index (κ2) is 7.55. The Bertz CT molecular complexity index is 542. The van der Waals surface area contributed by atoms with Crippen LogP contribution >= 0.6 is 0 Å². The Morgan fingerprint density at radius 3 is 2.77 bits per heavy atom. The molecule has 1 fully saturated rings. The van der Waals surface area contributed by atoms with Crippen LogP contribution in [0.15, 0.2) is 66.8 Å². The van der Waals surface area contributed by atoms with E-state index in [1.165, 1.54) is 5.56 Å². The number of allylic oxidation sites excluding steroid dienone is 3. The average molecular weight is 299 g/mol. The van der Waals surface area contributed by atoms with Crippen LogP contribution in [0.2, 0.25) is 0 Å². The zero-order valence-electron chi connectivity index (χ0n) is 13.6. The maximum absolute atomic E-state index is 14.5. The molecule has 0 unspecified atom stereocenters. The molecule has 0 spiro atoms. The van der Waals surface area contributed by atoms with Gasteiger partial charge in [0.15, 0.2) is 0 Å². The Labute approximate surface area is 133 Å². The van der Waals surface area contributed by atoms with Gasteiger partial charge in [0.2, 0.25) is 0 Å². The molecule has 0 aromatic heterocycles. The molecular weight excluding hydrogens is 273 g/mol. The third-order valence-corrected chi connectivity index (χ3v) is 4.18. The summed E-state index contributed by atoms with van der Waals surface area (Å²) >= 11 is 0. The molecule has 1 heterocycles. The molecule has 0 amide bonds. The second-order valence-corrected chi connectivity index (χ2v) is 6.32. The van der Waals surface area contributed by atoms with Crippen LogP contribution in [0.25, 0.3) is 0 Å². The van der Waals surface area contributed by atoms with E-state index in [-0.39, 0.29) is 6.04 Å². The number of likely N-dealkylation sites (tertiary alicyclic amines) is 1. The maximum Gasteiger partial charge on any atom is 0.121 e. The lowest BCUT2D eigenvalue weighted by molar-refractivity contribution is 0.0310. The van der Waals surface area contributed by atoms with E-state index in [1.807, 2.05) is 49.4 Å². The highest BCUT2D eigenvalue weighted by Crippen LogP contribution is 2.32. The number of benzene rings is 1. The zero-order chi connectivity index (χ0) is 16.0. The first kappa shape index (κ1) is 16.7. The molecule has 1 saturated heterocycles. The molecule has 118 valence electrons. The van der Waals surface area contributed by atoms with Crippen LogP contribution in [0.5, 0.6) is 0 Å². The number of hydrogen-bond donors (Lipinski definition) is 0. The highest BCUT2D eigenvalue weighted by molar-refractivity contribution is 5.26. The quantitative estimate of drug-likeness (QED) is 0.686. The van der Waals surface area contributed by atoms with Gasteiger partial charge in [-0.15, -0.1) is 0 Å². The third-order valence-electron chi connectivity index (χ3n) is 4.18. The molecule has 0 aliphatic carbocycles. The smallest absolute Gasteiger partial charge is 0.121 e. The minimum absolute atomic E-state index is 0.213. The van der Waals surface area contributed by atoms with E-state index in [2.05, 4.69) is 23.6 Å². The Kier molecular flexibility index (Phi) is 5.73. The molecule has 1 nitrogen and oxygen atoms in total. The van der Waals surface area contributed by atoms with Crippen LogP contribution in [0.4, 0.5) is 4.39 Å². The summed E-state index contributed by atoms with van der Waals surface area (Å²) in [5.41, 5.74) is 1.17. The Hall–Kier alpha value is -1.67. The Balaban J connectivity index is 2.13. The molecule has 22 heavy (non-hydrogen) atoms. The minimum Gasteiger partial charge on any atom is -0.289 e. The molecule has 0 radical (unpaired) electrons. The average Bonchev–Trinajstić information content (AvgIpc) is 2.47. The summed E-state index contributed by atoms with van der Waals surface area (Å²) in [5.74, 6) is 0. The third kappa shape index (κ3) is 4.67. The molecule has 2 atom stereocenters. The fraction of sp³-hybridized carbons (Fsp3) is 0.400. The fourth-order valence-corrected chi connectivity index (χ4v) is 3.04. The molecule has 0 bridgehead atoms. The summed E-state index contributed by atoms with van der Waals surface area (Å²) in [5, 5.41) is 0. The normalized spacial score (nSPS) is 26.8. The van der Waals surface area contributed by atoms with Crippen LogP contribution in [0.3, 0.4) is 0 Å². The van der Waals surface area contributed by atoms with Gasteiger partial charge < -0.3 is 0 Å². The predicted octanol–water partition coefficient (Wildman–Crippen LogP) is 5.07. The van der Waals surface area contributed by atoms with Gasteiger partial charge in [0.1, 0.15) is 5.67 Å². The van der Waals surface area contributed by atoms with Crippen molar-refractivity contribution in [2.45, 2.75) is 44.9 Å². The number of halogens is 1. The minimum atomic E-state index is -1.11. The van der Waals surface area contributed by atoms with E-state index in [0.29, 0.717) is 13.0 Å². The van der Waals surface area contributed by atoms with Gasteiger partial charge in [-0.05, 0) is 37.8 Å². The lowest BCUT2D eigenvalue weighted by Crippen LogP contribution is -2.49. The summed E-state index contributed by atoms with van der Waals surface area (Å²) in [6.07, 6.45) is 9.45. The van der Waals surface area contributed by atoms with Gasteiger partial charge in [0.05, 0.1) is 0 Å². The van der Waals surface area contributed by atoms with E-state index >= 15 is 0 Å². The molecule has 2 rings (SSSR count). The first-order chi connectivity index (χ1) is 10.5. The van der Waals surface area contributed by atoms with Gasteiger partial charge in [-0.2, -0.15) is 0 Å². The SMILES string of the molecule is C=C(/C=C\C=C/C)[C@@H]1CC[C@](C)(F)CN1Cc1ccccc1. The van der Waals surface area contributed by atoms with Crippen LogP contribution in [0.1, 0.15) is 32.3 Å². The van der Waals surface area contributed by atoms with E-state index in [9.17, 15) is 4.39 Å². The van der Waals surface area contributed by atoms with Crippen LogP contribution in [-0.2, 0) is 6.54 Å². The van der Waals surface area contributed by atoms with Gasteiger partial charge in [0.25, 0.3) is 0 Å². The molecule has 1 aromatic carbocycles. The first-order valence-electron chi connectivity index (χ1n) is 7.97. The van der Waals surface area contributed by atoms with Gasteiger partial charge in [-0.3, -0.25) is 4.90 Å². The standard InChI is InChI=1S/C20H26FN/c1-4-5-7-10-17(2)19-13-14-20(3,21)16-22(19)15-18-11-8-6-9-12-18/h4-12,19H,2,13-16H2,1,3H3/b5-4-,10-7-/t19-,20-/m0/s1. The van der Waals surface area contributed by atoms with Crippen molar-refractivity contribution in [3.05, 3.63) is 72.4 Å². The summed E-state index contributed by atoms with van der Waals surface area (Å²) in [6, 6.07) is 10.5. The van der Waals surface area contributed by atoms with E-state index in [1.54, 1.807) is 6.92 Å². The predicted molar refractivity (Wildman–Crippen MR) is 92.5 cm³/mol. The van der Waals surface area contributed by atoms with E-state index < -0.39 is 5.67 Å². The molecule has 1 aliphatic heterocycles. The van der Waals surface area contributed by atoms with Crippen molar-refractivity contribution in [1.82, 2.24) is 4.90 Å². The van der Waals surface area contributed by atoms with Gasteiger partial charge in [-0.25, -0.2) is 4.39 Å². The van der Waals surface area contributed by atoms with Crippen LogP contribution < -0.4 is 0 Å². The van der Waals surface area contributed by atoms with Gasteiger partial charge >= 0.3 is 0 Å². The second-order valence-electron chi connectivity index (χ2n) is 6.32. The van der Waals surface area contributed by atoms with Crippen molar-refractivity contribution in [3.63, 3.8) is 0 Å². The summed E-state index contributed by atoms with van der Waals surface area (Å²) in [6.45, 7) is 9.13. The van der Waals surface area contributed by atoms with Crippen molar-refractivity contribution < 1.29 is 4.39 Å². The topological polar surface area (TPSA) is 3.24 Å². The van der Waals surface area contributed by atoms with Crippen molar-refractivity contribution in [2.24, 2.45) is 0 Å². The summed E-state index contributed by atoms with van der Waals surface area (Å²) < 4.78 is 14.5. The van der Waals surface area contributed by atoms with Crippen LogP contribution in [0, 0.1) is 0 Å². The number of alkyl halides is 1. The molecular formula is C20H26FN. The van der Waals surface area contributed by atoms with Crippen molar-refractivity contribution in [1.29, 1.82) is 0 Å². The lowest BCUT2D eigenvalue weighted by atomic mass is 9.88. The number of nitrogens with zero attached hydrogens (tertiary/aromatic N) is 1. The lowest BCUT2D eigenvalue weighted by Gasteiger charge is -2.42. The van der Waals surface area contributed by atoms with Crippen molar-refractivity contribution >= 4 is 0 Å². The monoisotopic (exact) mass is 299 g/mol. The van der Waals surface area contributed by atoms with Crippen molar-refractivity contribution in [2.75, 3.05) is 6.54 Å². The van der Waals surface area contributed by atoms with Gasteiger partial charge in [-0.1, -0.05) is 61.2 Å². The highest BCUT2D eigenvalue weighted by atomic mass is 19.1. The molecule has 1 aliphatic rings. The Morgan fingerprint density at radius 2 is 2.09 bits per heavy atom. The Morgan fingerprint density at radius 1 is 1.36 bits per heavy atom. The summed E-state index contributed by atoms with van der Waals surface area (Å²) in [7, 11) is 0. The highest BCUT2D eigenvalue weighted by Gasteiger charge is 2.36. The van der Waals surface area contributed by atoms with E-state index in [4.69, 9.17) is 0 Å². The summed E-state index contributed by atoms with van der Waals surface area (Å²) in [4.78, 5) is 2.22.